The average molecular weight is 272 g/mol. The lowest BCUT2D eigenvalue weighted by Gasteiger charge is -2.22. The number of para-hydroxylation sites is 1. The highest BCUT2D eigenvalue weighted by atomic mass is 15.2. The van der Waals surface area contributed by atoms with E-state index < -0.39 is 0 Å². The molecular weight excluding hydrogens is 248 g/mol. The van der Waals surface area contributed by atoms with Gasteiger partial charge in [0.1, 0.15) is 5.82 Å². The summed E-state index contributed by atoms with van der Waals surface area (Å²) < 4.78 is 2.06. The fourth-order valence-electron chi connectivity index (χ4n) is 2.28. The second kappa shape index (κ2) is 7.10. The van der Waals surface area contributed by atoms with E-state index in [9.17, 15) is 0 Å². The summed E-state index contributed by atoms with van der Waals surface area (Å²) in [6.07, 6.45) is 4.99. The van der Waals surface area contributed by atoms with Crippen LogP contribution in [0.5, 0.6) is 0 Å². The Hall–Kier alpha value is -1.81. The molecule has 0 spiro atoms. The topological polar surface area (TPSA) is 33.1 Å². The maximum absolute atomic E-state index is 4.39. The van der Waals surface area contributed by atoms with Gasteiger partial charge < -0.3 is 14.8 Å². The SMILES string of the molecule is CCCNCc1ccccc1N(C)Cc1nccn1C. The lowest BCUT2D eigenvalue weighted by atomic mass is 10.1. The van der Waals surface area contributed by atoms with Crippen LogP contribution in [0.4, 0.5) is 5.69 Å². The molecule has 0 saturated heterocycles. The second-order valence-electron chi connectivity index (χ2n) is 5.12. The van der Waals surface area contributed by atoms with Crippen LogP contribution in [0.3, 0.4) is 0 Å². The van der Waals surface area contributed by atoms with Gasteiger partial charge in [-0.05, 0) is 24.6 Å². The van der Waals surface area contributed by atoms with Gasteiger partial charge in [-0.15, -0.1) is 0 Å². The van der Waals surface area contributed by atoms with E-state index in [1.807, 2.05) is 19.4 Å². The molecule has 1 N–H and O–H groups in total. The lowest BCUT2D eigenvalue weighted by molar-refractivity contribution is 0.672. The highest BCUT2D eigenvalue weighted by molar-refractivity contribution is 5.53. The summed E-state index contributed by atoms with van der Waals surface area (Å²) in [5, 5.41) is 3.47. The minimum atomic E-state index is 0.814. The van der Waals surface area contributed by atoms with E-state index in [0.29, 0.717) is 0 Å². The van der Waals surface area contributed by atoms with Crippen molar-refractivity contribution in [1.82, 2.24) is 14.9 Å². The van der Waals surface area contributed by atoms with E-state index in [2.05, 4.69) is 58.0 Å². The number of nitrogens with one attached hydrogen (secondary N) is 1. The molecule has 2 rings (SSSR count). The highest BCUT2D eigenvalue weighted by Crippen LogP contribution is 2.20. The molecule has 0 amide bonds. The van der Waals surface area contributed by atoms with Crippen LogP contribution >= 0.6 is 0 Å². The molecule has 0 aliphatic carbocycles. The van der Waals surface area contributed by atoms with Crippen molar-refractivity contribution in [3.05, 3.63) is 48.0 Å². The smallest absolute Gasteiger partial charge is 0.127 e. The summed E-state index contributed by atoms with van der Waals surface area (Å²) in [6.45, 7) is 4.97. The van der Waals surface area contributed by atoms with E-state index in [0.717, 1.165) is 31.9 Å². The Labute approximate surface area is 121 Å². The van der Waals surface area contributed by atoms with E-state index in [4.69, 9.17) is 0 Å². The molecule has 0 aliphatic heterocycles. The molecule has 0 aliphatic rings. The number of hydrogen-bond acceptors (Lipinski definition) is 3. The Morgan fingerprint density at radius 1 is 1.30 bits per heavy atom. The molecule has 0 fully saturated rings. The van der Waals surface area contributed by atoms with Crippen LogP contribution in [0.2, 0.25) is 0 Å². The minimum Gasteiger partial charge on any atom is -0.367 e. The van der Waals surface area contributed by atoms with Crippen LogP contribution in [0, 0.1) is 0 Å². The van der Waals surface area contributed by atoms with Crippen molar-refractivity contribution in [3.63, 3.8) is 0 Å². The van der Waals surface area contributed by atoms with Gasteiger partial charge in [-0.3, -0.25) is 0 Å². The Bertz CT molecular complexity index is 533. The van der Waals surface area contributed by atoms with Gasteiger partial charge in [0.25, 0.3) is 0 Å². The zero-order chi connectivity index (χ0) is 14.4. The maximum Gasteiger partial charge on any atom is 0.127 e. The van der Waals surface area contributed by atoms with Gasteiger partial charge in [0.05, 0.1) is 6.54 Å². The van der Waals surface area contributed by atoms with Crippen molar-refractivity contribution in [3.8, 4) is 0 Å². The summed E-state index contributed by atoms with van der Waals surface area (Å²) in [6, 6.07) is 8.55. The monoisotopic (exact) mass is 272 g/mol. The van der Waals surface area contributed by atoms with Gasteiger partial charge in [0.2, 0.25) is 0 Å². The fourth-order valence-corrected chi connectivity index (χ4v) is 2.28. The van der Waals surface area contributed by atoms with Crippen LogP contribution in [0.1, 0.15) is 24.7 Å². The van der Waals surface area contributed by atoms with Crippen LogP contribution < -0.4 is 10.2 Å². The Morgan fingerprint density at radius 3 is 2.80 bits per heavy atom. The zero-order valence-corrected chi connectivity index (χ0v) is 12.6. The maximum atomic E-state index is 4.39. The third kappa shape index (κ3) is 3.61. The summed E-state index contributed by atoms with van der Waals surface area (Å²) in [7, 11) is 4.15. The van der Waals surface area contributed by atoms with Crippen LogP contribution in [-0.2, 0) is 20.1 Å². The average Bonchev–Trinajstić information content (AvgIpc) is 2.85. The summed E-state index contributed by atoms with van der Waals surface area (Å²) >= 11 is 0. The first-order valence-electron chi connectivity index (χ1n) is 7.18. The predicted molar refractivity (Wildman–Crippen MR) is 83.8 cm³/mol. The zero-order valence-electron chi connectivity index (χ0n) is 12.6. The molecule has 1 heterocycles. The molecule has 4 nitrogen and oxygen atoms in total. The van der Waals surface area contributed by atoms with Gasteiger partial charge in [0.15, 0.2) is 0 Å². The number of aryl methyl sites for hydroxylation is 1. The Morgan fingerprint density at radius 2 is 2.10 bits per heavy atom. The molecular formula is C16H24N4. The summed E-state index contributed by atoms with van der Waals surface area (Å²) in [5.41, 5.74) is 2.59. The number of benzene rings is 1. The Balaban J connectivity index is 2.08. The quantitative estimate of drug-likeness (QED) is 0.786. The molecule has 0 bridgehead atoms. The largest absolute Gasteiger partial charge is 0.367 e. The van der Waals surface area contributed by atoms with Crippen molar-refractivity contribution in [1.29, 1.82) is 0 Å². The van der Waals surface area contributed by atoms with Gasteiger partial charge in [-0.2, -0.15) is 0 Å². The van der Waals surface area contributed by atoms with Crippen molar-refractivity contribution >= 4 is 5.69 Å². The van der Waals surface area contributed by atoms with Crippen LogP contribution in [-0.4, -0.2) is 23.1 Å². The minimum absolute atomic E-state index is 0.814. The first-order valence-corrected chi connectivity index (χ1v) is 7.18. The number of rotatable bonds is 7. The number of imidazole rings is 1. The molecule has 1 aromatic heterocycles. The first kappa shape index (κ1) is 14.6. The molecule has 0 unspecified atom stereocenters. The van der Waals surface area contributed by atoms with Gasteiger partial charge in [-0.1, -0.05) is 25.1 Å². The van der Waals surface area contributed by atoms with E-state index in [1.54, 1.807) is 0 Å². The van der Waals surface area contributed by atoms with Crippen LogP contribution in [0.15, 0.2) is 36.7 Å². The molecule has 0 atom stereocenters. The summed E-state index contributed by atoms with van der Waals surface area (Å²) in [5.74, 6) is 1.07. The molecule has 1 aromatic carbocycles. The Kier molecular flexibility index (Phi) is 5.18. The molecule has 0 radical (unpaired) electrons. The number of aromatic nitrogens is 2. The fraction of sp³-hybridized carbons (Fsp3) is 0.438. The van der Waals surface area contributed by atoms with E-state index >= 15 is 0 Å². The van der Waals surface area contributed by atoms with Crippen molar-refractivity contribution in [2.24, 2.45) is 7.05 Å². The number of nitrogens with zero attached hydrogens (tertiary/aromatic N) is 3. The molecule has 20 heavy (non-hydrogen) atoms. The molecule has 4 heteroatoms. The van der Waals surface area contributed by atoms with Crippen LogP contribution in [0.25, 0.3) is 0 Å². The highest BCUT2D eigenvalue weighted by Gasteiger charge is 2.09. The van der Waals surface area contributed by atoms with Crippen molar-refractivity contribution < 1.29 is 0 Å². The summed E-state index contributed by atoms with van der Waals surface area (Å²) in [4.78, 5) is 6.65. The molecule has 108 valence electrons. The lowest BCUT2D eigenvalue weighted by Crippen LogP contribution is -2.22. The third-order valence-corrected chi connectivity index (χ3v) is 3.44. The van der Waals surface area contributed by atoms with Gasteiger partial charge in [0, 0.05) is 38.7 Å². The number of anilines is 1. The van der Waals surface area contributed by atoms with Crippen molar-refractivity contribution in [2.45, 2.75) is 26.4 Å². The van der Waals surface area contributed by atoms with E-state index in [-0.39, 0.29) is 0 Å². The van der Waals surface area contributed by atoms with E-state index in [1.165, 1.54) is 11.3 Å². The number of hydrogen-bond donors (Lipinski definition) is 1. The van der Waals surface area contributed by atoms with Gasteiger partial charge in [-0.25, -0.2) is 4.98 Å². The molecule has 0 saturated carbocycles. The standard InChI is InChI=1S/C16H24N4/c1-4-9-17-12-14-7-5-6-8-15(14)20(3)13-16-18-10-11-19(16)2/h5-8,10-11,17H,4,9,12-13H2,1-3H3. The molecule has 2 aromatic rings. The third-order valence-electron chi connectivity index (χ3n) is 3.44. The first-order chi connectivity index (χ1) is 9.72. The predicted octanol–water partition coefficient (Wildman–Crippen LogP) is 2.56. The van der Waals surface area contributed by atoms with Crippen molar-refractivity contribution in [2.75, 3.05) is 18.5 Å². The normalized spacial score (nSPS) is 10.8. The van der Waals surface area contributed by atoms with Gasteiger partial charge >= 0.3 is 0 Å². The second-order valence-corrected chi connectivity index (χ2v) is 5.12.